The van der Waals surface area contributed by atoms with E-state index in [4.69, 9.17) is 16.3 Å². The van der Waals surface area contributed by atoms with Gasteiger partial charge in [0.1, 0.15) is 5.37 Å². The van der Waals surface area contributed by atoms with Crippen molar-refractivity contribution < 1.29 is 9.53 Å². The van der Waals surface area contributed by atoms with Gasteiger partial charge in [0.05, 0.1) is 0 Å². The number of ether oxygens (including phenoxy) is 1. The summed E-state index contributed by atoms with van der Waals surface area (Å²) in [6.45, 7) is 2.26. The standard InChI is InChI=1S/C15H18ClNO2S/c16-13-3-1-12(2-4-13)15-17(7-10-20-15)14(18)11-5-8-19-9-6-11/h1-4,11,15H,5-10H2. The van der Waals surface area contributed by atoms with Crippen LogP contribution in [0.1, 0.15) is 23.8 Å². The van der Waals surface area contributed by atoms with Crippen molar-refractivity contribution in [2.24, 2.45) is 5.92 Å². The molecule has 3 rings (SSSR count). The van der Waals surface area contributed by atoms with Crippen molar-refractivity contribution in [2.75, 3.05) is 25.5 Å². The molecular formula is C15H18ClNO2S. The molecular weight excluding hydrogens is 294 g/mol. The van der Waals surface area contributed by atoms with Crippen LogP contribution in [0.3, 0.4) is 0 Å². The summed E-state index contributed by atoms with van der Waals surface area (Å²) < 4.78 is 5.35. The first-order valence-corrected chi connectivity index (χ1v) is 8.43. The maximum absolute atomic E-state index is 12.7. The fourth-order valence-electron chi connectivity index (χ4n) is 2.78. The number of amides is 1. The van der Waals surface area contributed by atoms with Gasteiger partial charge in [0.2, 0.25) is 5.91 Å². The maximum Gasteiger partial charge on any atom is 0.227 e. The highest BCUT2D eigenvalue weighted by molar-refractivity contribution is 7.99. The van der Waals surface area contributed by atoms with Crippen LogP contribution in [-0.2, 0) is 9.53 Å². The predicted octanol–water partition coefficient (Wildman–Crippen LogP) is 3.34. The summed E-state index contributed by atoms with van der Waals surface area (Å²) in [5.41, 5.74) is 1.16. The van der Waals surface area contributed by atoms with Gasteiger partial charge in [-0.15, -0.1) is 11.8 Å². The lowest BCUT2D eigenvalue weighted by Crippen LogP contribution is -2.38. The summed E-state index contributed by atoms with van der Waals surface area (Å²) in [4.78, 5) is 14.7. The van der Waals surface area contributed by atoms with Crippen molar-refractivity contribution in [1.82, 2.24) is 4.90 Å². The van der Waals surface area contributed by atoms with Crippen molar-refractivity contribution >= 4 is 29.3 Å². The number of benzene rings is 1. The Kier molecular flexibility index (Phi) is 4.54. The van der Waals surface area contributed by atoms with Crippen LogP contribution in [-0.4, -0.2) is 36.3 Å². The molecule has 0 aliphatic carbocycles. The molecule has 0 spiro atoms. The van der Waals surface area contributed by atoms with Crippen LogP contribution in [0.25, 0.3) is 0 Å². The lowest BCUT2D eigenvalue weighted by molar-refractivity contribution is -0.138. The van der Waals surface area contributed by atoms with Gasteiger partial charge in [0.25, 0.3) is 0 Å². The highest BCUT2D eigenvalue weighted by Gasteiger charge is 2.34. The smallest absolute Gasteiger partial charge is 0.227 e. The van der Waals surface area contributed by atoms with Crippen LogP contribution < -0.4 is 0 Å². The molecule has 1 aromatic carbocycles. The summed E-state index contributed by atoms with van der Waals surface area (Å²) in [5.74, 6) is 1.43. The summed E-state index contributed by atoms with van der Waals surface area (Å²) in [6.07, 6.45) is 1.71. The van der Waals surface area contributed by atoms with Gasteiger partial charge in [-0.3, -0.25) is 4.79 Å². The second kappa shape index (κ2) is 6.37. The predicted molar refractivity (Wildman–Crippen MR) is 81.9 cm³/mol. The molecule has 1 unspecified atom stereocenters. The Morgan fingerprint density at radius 2 is 1.95 bits per heavy atom. The first-order valence-electron chi connectivity index (χ1n) is 7.01. The van der Waals surface area contributed by atoms with Crippen molar-refractivity contribution in [3.05, 3.63) is 34.9 Å². The number of thioether (sulfide) groups is 1. The molecule has 20 heavy (non-hydrogen) atoms. The zero-order chi connectivity index (χ0) is 13.9. The number of hydrogen-bond acceptors (Lipinski definition) is 3. The lowest BCUT2D eigenvalue weighted by Gasteiger charge is -2.30. The number of halogens is 1. The zero-order valence-corrected chi connectivity index (χ0v) is 12.8. The van der Waals surface area contributed by atoms with Gasteiger partial charge in [0, 0.05) is 36.5 Å². The van der Waals surface area contributed by atoms with Crippen LogP contribution >= 0.6 is 23.4 Å². The quantitative estimate of drug-likeness (QED) is 0.839. The van der Waals surface area contributed by atoms with E-state index in [9.17, 15) is 4.79 Å². The molecule has 0 N–H and O–H groups in total. The maximum atomic E-state index is 12.7. The lowest BCUT2D eigenvalue weighted by atomic mass is 9.98. The molecule has 0 radical (unpaired) electrons. The van der Waals surface area contributed by atoms with E-state index in [0.29, 0.717) is 19.1 Å². The van der Waals surface area contributed by atoms with Crippen molar-refractivity contribution in [2.45, 2.75) is 18.2 Å². The van der Waals surface area contributed by atoms with Gasteiger partial charge in [-0.05, 0) is 30.5 Å². The molecule has 0 bridgehead atoms. The Morgan fingerprint density at radius 1 is 1.25 bits per heavy atom. The van der Waals surface area contributed by atoms with Crippen LogP contribution in [0.5, 0.6) is 0 Å². The fraction of sp³-hybridized carbons (Fsp3) is 0.533. The minimum absolute atomic E-state index is 0.136. The van der Waals surface area contributed by atoms with Gasteiger partial charge >= 0.3 is 0 Å². The van der Waals surface area contributed by atoms with Gasteiger partial charge in [0.15, 0.2) is 0 Å². The molecule has 1 atom stereocenters. The highest BCUT2D eigenvalue weighted by Crippen LogP contribution is 2.39. The molecule has 5 heteroatoms. The molecule has 2 saturated heterocycles. The summed E-state index contributed by atoms with van der Waals surface area (Å²) in [6, 6.07) is 7.84. The average molecular weight is 312 g/mol. The monoisotopic (exact) mass is 311 g/mol. The highest BCUT2D eigenvalue weighted by atomic mass is 35.5. The second-order valence-corrected chi connectivity index (χ2v) is 6.82. The van der Waals surface area contributed by atoms with E-state index in [1.54, 1.807) is 0 Å². The second-order valence-electron chi connectivity index (χ2n) is 5.19. The molecule has 3 nitrogen and oxygen atoms in total. The zero-order valence-electron chi connectivity index (χ0n) is 11.3. The average Bonchev–Trinajstić information content (AvgIpc) is 2.97. The number of nitrogens with zero attached hydrogens (tertiary/aromatic N) is 1. The van der Waals surface area contributed by atoms with Gasteiger partial charge in [-0.1, -0.05) is 23.7 Å². The van der Waals surface area contributed by atoms with E-state index < -0.39 is 0 Å². The minimum Gasteiger partial charge on any atom is -0.381 e. The SMILES string of the molecule is O=C(C1CCOCC1)N1CCSC1c1ccc(Cl)cc1. The van der Waals surface area contributed by atoms with Gasteiger partial charge in [-0.25, -0.2) is 0 Å². The van der Waals surface area contributed by atoms with Gasteiger partial charge < -0.3 is 9.64 Å². The minimum atomic E-state index is 0.136. The van der Waals surface area contributed by atoms with E-state index in [0.717, 1.165) is 35.7 Å². The molecule has 1 aromatic rings. The molecule has 108 valence electrons. The normalized spacial score (nSPS) is 24.1. The van der Waals surface area contributed by atoms with Gasteiger partial charge in [-0.2, -0.15) is 0 Å². The number of carbonyl (C=O) groups excluding carboxylic acids is 1. The van der Waals surface area contributed by atoms with Crippen LogP contribution in [0.2, 0.25) is 5.02 Å². The number of hydrogen-bond donors (Lipinski definition) is 0. The molecule has 2 aliphatic heterocycles. The summed E-state index contributed by atoms with van der Waals surface area (Å²) in [5, 5.41) is 0.877. The summed E-state index contributed by atoms with van der Waals surface area (Å²) >= 11 is 7.77. The third-order valence-electron chi connectivity index (χ3n) is 3.90. The van der Waals surface area contributed by atoms with Crippen molar-refractivity contribution in [1.29, 1.82) is 0 Å². The third-order valence-corrected chi connectivity index (χ3v) is 5.41. The Labute approximate surface area is 128 Å². The Morgan fingerprint density at radius 3 is 2.65 bits per heavy atom. The molecule has 2 heterocycles. The van der Waals surface area contributed by atoms with Crippen LogP contribution in [0.4, 0.5) is 0 Å². The van der Waals surface area contributed by atoms with Crippen molar-refractivity contribution in [3.63, 3.8) is 0 Å². The Balaban J connectivity index is 1.74. The van der Waals surface area contributed by atoms with E-state index in [-0.39, 0.29) is 11.3 Å². The Hall–Kier alpha value is -0.710. The first kappa shape index (κ1) is 14.2. The first-order chi connectivity index (χ1) is 9.75. The third kappa shape index (κ3) is 2.97. The molecule has 0 saturated carbocycles. The number of carbonyl (C=O) groups is 1. The number of rotatable bonds is 2. The largest absolute Gasteiger partial charge is 0.381 e. The van der Waals surface area contributed by atoms with Crippen LogP contribution in [0.15, 0.2) is 24.3 Å². The Bertz CT molecular complexity index is 473. The summed E-state index contributed by atoms with van der Waals surface area (Å²) in [7, 11) is 0. The van der Waals surface area contributed by atoms with E-state index >= 15 is 0 Å². The van der Waals surface area contributed by atoms with Crippen LogP contribution in [0, 0.1) is 5.92 Å². The fourth-order valence-corrected chi connectivity index (χ4v) is 4.17. The molecule has 1 amide bonds. The van der Waals surface area contributed by atoms with E-state index in [1.807, 2.05) is 40.9 Å². The van der Waals surface area contributed by atoms with E-state index in [2.05, 4.69) is 0 Å². The molecule has 2 fully saturated rings. The molecule has 0 aromatic heterocycles. The topological polar surface area (TPSA) is 29.5 Å². The molecule has 2 aliphatic rings. The van der Waals surface area contributed by atoms with E-state index in [1.165, 1.54) is 0 Å². The van der Waals surface area contributed by atoms with Crippen molar-refractivity contribution in [3.8, 4) is 0 Å².